The Morgan fingerprint density at radius 1 is 1.50 bits per heavy atom. The van der Waals surface area contributed by atoms with E-state index in [1.165, 1.54) is 0 Å². The summed E-state index contributed by atoms with van der Waals surface area (Å²) in [5.74, 6) is 0. The van der Waals surface area contributed by atoms with Crippen LogP contribution < -0.4 is 0 Å². The summed E-state index contributed by atoms with van der Waals surface area (Å²) < 4.78 is 2.82. The Morgan fingerprint density at radius 2 is 2.19 bits per heavy atom. The maximum absolute atomic E-state index is 11.0. The van der Waals surface area contributed by atoms with Gasteiger partial charge in [0, 0.05) is 6.54 Å². The standard InChI is InChI=1S/C12H19BrN2O/c1-4-15-10(9(13)8-14-15)12(16)7-5-6-11(12,2)3/h8,16H,4-7H2,1-3H3. The van der Waals surface area contributed by atoms with Crippen molar-refractivity contribution >= 4 is 15.9 Å². The van der Waals surface area contributed by atoms with E-state index in [-0.39, 0.29) is 5.41 Å². The number of aryl methyl sites for hydroxylation is 1. The molecule has 1 unspecified atom stereocenters. The highest BCUT2D eigenvalue weighted by Gasteiger charge is 2.51. The number of aromatic nitrogens is 2. The Morgan fingerprint density at radius 3 is 2.69 bits per heavy atom. The largest absolute Gasteiger partial charge is 0.383 e. The summed E-state index contributed by atoms with van der Waals surface area (Å²) >= 11 is 3.51. The second-order valence-corrected chi connectivity index (χ2v) is 6.11. The van der Waals surface area contributed by atoms with Crippen LogP contribution in [0.15, 0.2) is 10.7 Å². The highest BCUT2D eigenvalue weighted by Crippen LogP contribution is 2.53. The van der Waals surface area contributed by atoms with E-state index in [2.05, 4.69) is 34.9 Å². The molecule has 0 aromatic carbocycles. The smallest absolute Gasteiger partial charge is 0.112 e. The summed E-state index contributed by atoms with van der Waals surface area (Å²) in [5.41, 5.74) is 0.110. The lowest BCUT2D eigenvalue weighted by molar-refractivity contribution is -0.0562. The van der Waals surface area contributed by atoms with Crippen LogP contribution in [0.1, 0.15) is 45.7 Å². The van der Waals surface area contributed by atoms with Crippen molar-refractivity contribution in [2.24, 2.45) is 5.41 Å². The second-order valence-electron chi connectivity index (χ2n) is 5.25. The van der Waals surface area contributed by atoms with Gasteiger partial charge in [0.1, 0.15) is 5.60 Å². The molecule has 90 valence electrons. The molecule has 1 heterocycles. The zero-order valence-electron chi connectivity index (χ0n) is 10.1. The van der Waals surface area contributed by atoms with Gasteiger partial charge in [-0.1, -0.05) is 13.8 Å². The minimum absolute atomic E-state index is 0.0809. The number of hydrogen-bond acceptors (Lipinski definition) is 2. The molecule has 0 amide bonds. The highest BCUT2D eigenvalue weighted by molar-refractivity contribution is 9.10. The summed E-state index contributed by atoms with van der Waals surface area (Å²) in [6, 6.07) is 0. The first-order valence-electron chi connectivity index (χ1n) is 5.86. The third kappa shape index (κ3) is 1.54. The normalized spacial score (nSPS) is 28.6. The molecular formula is C12H19BrN2O. The number of aliphatic hydroxyl groups is 1. The van der Waals surface area contributed by atoms with E-state index in [9.17, 15) is 5.11 Å². The van der Waals surface area contributed by atoms with Crippen LogP contribution in [0.25, 0.3) is 0 Å². The molecule has 0 aliphatic heterocycles. The van der Waals surface area contributed by atoms with Gasteiger partial charge in [0.15, 0.2) is 0 Å². The van der Waals surface area contributed by atoms with Crippen molar-refractivity contribution in [3.63, 3.8) is 0 Å². The Labute approximate surface area is 105 Å². The van der Waals surface area contributed by atoms with Gasteiger partial charge < -0.3 is 5.11 Å². The van der Waals surface area contributed by atoms with Crippen molar-refractivity contribution in [2.45, 2.75) is 52.2 Å². The quantitative estimate of drug-likeness (QED) is 0.907. The molecule has 1 atom stereocenters. The maximum Gasteiger partial charge on any atom is 0.112 e. The monoisotopic (exact) mass is 286 g/mol. The third-order valence-corrected chi connectivity index (χ3v) is 4.53. The van der Waals surface area contributed by atoms with Crippen molar-refractivity contribution in [3.05, 3.63) is 16.4 Å². The molecule has 1 fully saturated rings. The molecule has 0 radical (unpaired) electrons. The zero-order valence-corrected chi connectivity index (χ0v) is 11.7. The fraction of sp³-hybridized carbons (Fsp3) is 0.750. The lowest BCUT2D eigenvalue weighted by Gasteiger charge is -2.37. The molecule has 1 aromatic rings. The Balaban J connectivity index is 2.54. The summed E-state index contributed by atoms with van der Waals surface area (Å²) in [5, 5.41) is 15.3. The minimum atomic E-state index is -0.752. The zero-order chi connectivity index (χ0) is 12.0. The lowest BCUT2D eigenvalue weighted by atomic mass is 9.75. The van der Waals surface area contributed by atoms with Crippen LogP contribution in [-0.2, 0) is 12.1 Å². The van der Waals surface area contributed by atoms with Gasteiger partial charge >= 0.3 is 0 Å². The molecule has 1 aliphatic carbocycles. The first-order chi connectivity index (χ1) is 7.42. The number of hydrogen-bond donors (Lipinski definition) is 1. The average Bonchev–Trinajstić information content (AvgIpc) is 2.69. The van der Waals surface area contributed by atoms with Crippen LogP contribution in [0, 0.1) is 5.41 Å². The van der Waals surface area contributed by atoms with Crippen LogP contribution in [0.5, 0.6) is 0 Å². The number of nitrogens with zero attached hydrogens (tertiary/aromatic N) is 2. The van der Waals surface area contributed by atoms with Gasteiger partial charge in [-0.05, 0) is 47.5 Å². The van der Waals surface area contributed by atoms with E-state index in [0.717, 1.165) is 36.0 Å². The molecule has 0 spiro atoms. The van der Waals surface area contributed by atoms with Gasteiger partial charge in [-0.3, -0.25) is 4.68 Å². The van der Waals surface area contributed by atoms with Gasteiger partial charge in [-0.25, -0.2) is 0 Å². The Hall–Kier alpha value is -0.350. The van der Waals surface area contributed by atoms with E-state index in [4.69, 9.17) is 0 Å². The maximum atomic E-state index is 11.0. The van der Waals surface area contributed by atoms with Crippen molar-refractivity contribution in [1.82, 2.24) is 9.78 Å². The van der Waals surface area contributed by atoms with Crippen molar-refractivity contribution in [3.8, 4) is 0 Å². The van der Waals surface area contributed by atoms with Gasteiger partial charge in [-0.2, -0.15) is 5.10 Å². The first-order valence-corrected chi connectivity index (χ1v) is 6.66. The predicted octanol–water partition coefficient (Wildman–Crippen LogP) is 3.06. The van der Waals surface area contributed by atoms with Crippen molar-refractivity contribution in [2.75, 3.05) is 0 Å². The van der Waals surface area contributed by atoms with E-state index in [1.807, 2.05) is 11.6 Å². The van der Waals surface area contributed by atoms with Gasteiger partial charge in [0.25, 0.3) is 0 Å². The lowest BCUT2D eigenvalue weighted by Crippen LogP contribution is -2.39. The van der Waals surface area contributed by atoms with E-state index >= 15 is 0 Å². The summed E-state index contributed by atoms with van der Waals surface area (Å²) in [7, 11) is 0. The van der Waals surface area contributed by atoms with Crippen LogP contribution in [0.2, 0.25) is 0 Å². The van der Waals surface area contributed by atoms with Crippen molar-refractivity contribution in [1.29, 1.82) is 0 Å². The molecule has 16 heavy (non-hydrogen) atoms. The van der Waals surface area contributed by atoms with Crippen LogP contribution in [0.3, 0.4) is 0 Å². The van der Waals surface area contributed by atoms with E-state index in [1.54, 1.807) is 6.20 Å². The summed E-state index contributed by atoms with van der Waals surface area (Å²) in [4.78, 5) is 0. The Bertz CT molecular complexity index is 400. The molecule has 1 saturated carbocycles. The fourth-order valence-electron chi connectivity index (χ4n) is 2.78. The first kappa shape index (κ1) is 12.1. The Kier molecular flexibility index (Phi) is 2.91. The molecule has 1 aromatic heterocycles. The van der Waals surface area contributed by atoms with Crippen LogP contribution in [-0.4, -0.2) is 14.9 Å². The third-order valence-electron chi connectivity index (χ3n) is 3.95. The summed E-state index contributed by atoms with van der Waals surface area (Å²) in [6.45, 7) is 7.12. The van der Waals surface area contributed by atoms with Gasteiger partial charge in [0.05, 0.1) is 16.4 Å². The van der Waals surface area contributed by atoms with Gasteiger partial charge in [0.2, 0.25) is 0 Å². The highest BCUT2D eigenvalue weighted by atomic mass is 79.9. The molecule has 0 saturated heterocycles. The number of halogens is 1. The molecule has 3 nitrogen and oxygen atoms in total. The van der Waals surface area contributed by atoms with E-state index in [0.29, 0.717) is 0 Å². The fourth-order valence-corrected chi connectivity index (χ4v) is 3.41. The number of rotatable bonds is 2. The molecule has 0 bridgehead atoms. The predicted molar refractivity (Wildman–Crippen MR) is 67.1 cm³/mol. The van der Waals surface area contributed by atoms with Crippen LogP contribution >= 0.6 is 15.9 Å². The SMILES string of the molecule is CCn1ncc(Br)c1C1(O)CCCC1(C)C. The molecular weight excluding hydrogens is 268 g/mol. The molecule has 2 rings (SSSR count). The molecule has 1 N–H and O–H groups in total. The van der Waals surface area contributed by atoms with Gasteiger partial charge in [-0.15, -0.1) is 0 Å². The summed E-state index contributed by atoms with van der Waals surface area (Å²) in [6.07, 6.45) is 4.74. The van der Waals surface area contributed by atoms with Crippen LogP contribution in [0.4, 0.5) is 0 Å². The molecule has 4 heteroatoms. The van der Waals surface area contributed by atoms with E-state index < -0.39 is 5.60 Å². The average molecular weight is 287 g/mol. The second kappa shape index (κ2) is 3.84. The topological polar surface area (TPSA) is 38.0 Å². The van der Waals surface area contributed by atoms with Crippen molar-refractivity contribution < 1.29 is 5.11 Å². The minimum Gasteiger partial charge on any atom is -0.383 e. The molecule has 1 aliphatic rings.